The quantitative estimate of drug-likeness (QED) is 0.779. The van der Waals surface area contributed by atoms with E-state index in [0.29, 0.717) is 0 Å². The zero-order valence-electron chi connectivity index (χ0n) is 11.2. The summed E-state index contributed by atoms with van der Waals surface area (Å²) in [5.74, 6) is 0. The van der Waals surface area contributed by atoms with Gasteiger partial charge in [-0.2, -0.15) is 5.10 Å². The van der Waals surface area contributed by atoms with Crippen LogP contribution in [0.25, 0.3) is 0 Å². The van der Waals surface area contributed by atoms with Crippen LogP contribution < -0.4 is 5.32 Å². The Morgan fingerprint density at radius 2 is 2.15 bits per heavy atom. The van der Waals surface area contributed by atoms with Crippen molar-refractivity contribution in [2.24, 2.45) is 0 Å². The number of hydrogen-bond donors (Lipinski definition) is 1. The third kappa shape index (κ3) is 3.05. The first-order chi connectivity index (χ1) is 9.81. The largest absolute Gasteiger partial charge is 0.377 e. The van der Waals surface area contributed by atoms with Crippen molar-refractivity contribution in [1.29, 1.82) is 0 Å². The van der Waals surface area contributed by atoms with Gasteiger partial charge in [-0.05, 0) is 30.7 Å². The Kier molecular flexibility index (Phi) is 3.78. The minimum absolute atomic E-state index is 0.221. The lowest BCUT2D eigenvalue weighted by Gasteiger charge is -2.13. The van der Waals surface area contributed by atoms with Gasteiger partial charge >= 0.3 is 0 Å². The molecule has 0 saturated carbocycles. The normalized spacial score (nSPS) is 12.2. The molecule has 0 aliphatic heterocycles. The smallest absolute Gasteiger partial charge is 0.0795 e. The summed E-state index contributed by atoms with van der Waals surface area (Å²) < 4.78 is 1.92. The first-order valence-corrected chi connectivity index (χ1v) is 7.46. The first kappa shape index (κ1) is 12.9. The number of anilines is 1. The number of nitrogens with zero attached hydrogens (tertiary/aromatic N) is 3. The molecule has 0 saturated heterocycles. The molecule has 5 heteroatoms. The van der Waals surface area contributed by atoms with E-state index in [2.05, 4.69) is 52.0 Å². The lowest BCUT2D eigenvalue weighted by molar-refractivity contribution is 0.687. The Labute approximate surface area is 122 Å². The molecule has 0 amide bonds. The van der Waals surface area contributed by atoms with Gasteiger partial charge in [0.1, 0.15) is 0 Å². The zero-order valence-corrected chi connectivity index (χ0v) is 12.0. The maximum absolute atomic E-state index is 4.32. The number of nitrogens with one attached hydrogen (secondary N) is 1. The summed E-state index contributed by atoms with van der Waals surface area (Å²) in [5.41, 5.74) is 5.28. The summed E-state index contributed by atoms with van der Waals surface area (Å²) in [6.45, 7) is 2.92. The van der Waals surface area contributed by atoms with E-state index < -0.39 is 0 Å². The monoisotopic (exact) mass is 284 g/mol. The van der Waals surface area contributed by atoms with E-state index >= 15 is 0 Å². The second-order valence-electron chi connectivity index (χ2n) is 4.68. The molecule has 2 aromatic heterocycles. The van der Waals surface area contributed by atoms with Crippen LogP contribution in [0, 0.1) is 0 Å². The first-order valence-electron chi connectivity index (χ1n) is 6.52. The van der Waals surface area contributed by atoms with Crippen LogP contribution in [0.3, 0.4) is 0 Å². The van der Waals surface area contributed by atoms with Crippen LogP contribution in [0.15, 0.2) is 53.6 Å². The van der Waals surface area contributed by atoms with E-state index in [9.17, 15) is 0 Å². The number of benzene rings is 1. The fourth-order valence-electron chi connectivity index (χ4n) is 2.05. The molecule has 102 valence electrons. The van der Waals surface area contributed by atoms with Crippen molar-refractivity contribution in [3.63, 3.8) is 0 Å². The average Bonchev–Trinajstić information content (AvgIpc) is 3.13. The molecular formula is C15H16N4S. The fraction of sp³-hybridized carbons (Fsp3) is 0.200. The molecule has 20 heavy (non-hydrogen) atoms. The van der Waals surface area contributed by atoms with Crippen LogP contribution in [0.2, 0.25) is 0 Å². The Hall–Kier alpha value is -2.14. The van der Waals surface area contributed by atoms with Gasteiger partial charge in [0.25, 0.3) is 0 Å². The molecule has 3 rings (SSSR count). The molecule has 1 N–H and O–H groups in total. The van der Waals surface area contributed by atoms with Crippen molar-refractivity contribution >= 4 is 17.0 Å². The maximum Gasteiger partial charge on any atom is 0.0795 e. The van der Waals surface area contributed by atoms with Gasteiger partial charge in [0.2, 0.25) is 0 Å². The highest BCUT2D eigenvalue weighted by Gasteiger charge is 2.06. The second kappa shape index (κ2) is 5.88. The fourth-order valence-corrected chi connectivity index (χ4v) is 2.69. The number of hydrogen-bond acceptors (Lipinski definition) is 4. The van der Waals surface area contributed by atoms with Gasteiger partial charge in [0.15, 0.2) is 0 Å². The van der Waals surface area contributed by atoms with Gasteiger partial charge in [0.05, 0.1) is 23.8 Å². The zero-order chi connectivity index (χ0) is 13.8. The van der Waals surface area contributed by atoms with Crippen LogP contribution >= 0.6 is 11.3 Å². The highest BCUT2D eigenvalue weighted by molar-refractivity contribution is 7.07. The standard InChI is InChI=1S/C15H16N4S/c1-12(15-10-20-11-16-15)18-14-5-3-13(4-6-14)9-19-8-2-7-17-19/h2-8,10-12,18H,9H2,1H3. The molecule has 1 aromatic carbocycles. The molecule has 1 unspecified atom stereocenters. The molecule has 0 aliphatic rings. The molecule has 0 bridgehead atoms. The lowest BCUT2D eigenvalue weighted by Crippen LogP contribution is -2.07. The van der Waals surface area contributed by atoms with Crippen LogP contribution in [-0.4, -0.2) is 14.8 Å². The van der Waals surface area contributed by atoms with E-state index in [4.69, 9.17) is 0 Å². The van der Waals surface area contributed by atoms with E-state index in [1.807, 2.05) is 22.5 Å². The Morgan fingerprint density at radius 1 is 1.30 bits per heavy atom. The summed E-state index contributed by atoms with van der Waals surface area (Å²) in [5, 5.41) is 9.74. The Morgan fingerprint density at radius 3 is 2.80 bits per heavy atom. The topological polar surface area (TPSA) is 42.7 Å². The van der Waals surface area contributed by atoms with Gasteiger partial charge in [0, 0.05) is 23.5 Å². The summed E-state index contributed by atoms with van der Waals surface area (Å²) >= 11 is 1.62. The minimum Gasteiger partial charge on any atom is -0.377 e. The molecule has 2 heterocycles. The van der Waals surface area contributed by atoms with Crippen molar-refractivity contribution in [1.82, 2.24) is 14.8 Å². The molecule has 0 fully saturated rings. The molecule has 0 spiro atoms. The number of aromatic nitrogens is 3. The second-order valence-corrected chi connectivity index (χ2v) is 5.40. The maximum atomic E-state index is 4.32. The summed E-state index contributed by atoms with van der Waals surface area (Å²) in [4.78, 5) is 4.32. The van der Waals surface area contributed by atoms with Crippen LogP contribution in [0.5, 0.6) is 0 Å². The highest BCUT2D eigenvalue weighted by atomic mass is 32.1. The van der Waals surface area contributed by atoms with Crippen molar-refractivity contribution < 1.29 is 0 Å². The van der Waals surface area contributed by atoms with Crippen molar-refractivity contribution in [2.45, 2.75) is 19.5 Å². The molecule has 1 atom stereocenters. The molecule has 4 nitrogen and oxygen atoms in total. The summed E-state index contributed by atoms with van der Waals surface area (Å²) in [6.07, 6.45) is 3.77. The third-order valence-corrected chi connectivity index (χ3v) is 3.74. The molecule has 0 radical (unpaired) electrons. The molecule has 3 aromatic rings. The van der Waals surface area contributed by atoms with Crippen LogP contribution in [0.4, 0.5) is 5.69 Å². The van der Waals surface area contributed by atoms with Gasteiger partial charge in [-0.25, -0.2) is 4.98 Å². The predicted octanol–water partition coefficient (Wildman–Crippen LogP) is 3.56. The number of thiazole rings is 1. The van der Waals surface area contributed by atoms with E-state index in [1.165, 1.54) is 5.56 Å². The van der Waals surface area contributed by atoms with E-state index in [0.717, 1.165) is 17.9 Å². The van der Waals surface area contributed by atoms with Gasteiger partial charge in [-0.1, -0.05) is 12.1 Å². The van der Waals surface area contributed by atoms with Crippen molar-refractivity contribution in [3.05, 3.63) is 64.9 Å². The molecular weight excluding hydrogens is 268 g/mol. The highest BCUT2D eigenvalue weighted by Crippen LogP contribution is 2.19. The number of rotatable bonds is 5. The van der Waals surface area contributed by atoms with Crippen molar-refractivity contribution in [3.8, 4) is 0 Å². The summed E-state index contributed by atoms with van der Waals surface area (Å²) in [6, 6.07) is 10.6. The van der Waals surface area contributed by atoms with Crippen molar-refractivity contribution in [2.75, 3.05) is 5.32 Å². The third-order valence-electron chi connectivity index (χ3n) is 3.14. The lowest BCUT2D eigenvalue weighted by atomic mass is 10.2. The predicted molar refractivity (Wildman–Crippen MR) is 81.9 cm³/mol. The van der Waals surface area contributed by atoms with Gasteiger partial charge < -0.3 is 5.32 Å². The minimum atomic E-state index is 0.221. The van der Waals surface area contributed by atoms with E-state index in [1.54, 1.807) is 17.5 Å². The Bertz CT molecular complexity index is 629. The summed E-state index contributed by atoms with van der Waals surface area (Å²) in [7, 11) is 0. The van der Waals surface area contributed by atoms with Crippen LogP contribution in [0.1, 0.15) is 24.2 Å². The van der Waals surface area contributed by atoms with Crippen LogP contribution in [-0.2, 0) is 6.54 Å². The van der Waals surface area contributed by atoms with Gasteiger partial charge in [-0.15, -0.1) is 11.3 Å². The SMILES string of the molecule is CC(Nc1ccc(Cn2cccn2)cc1)c1cscn1. The average molecular weight is 284 g/mol. The van der Waals surface area contributed by atoms with Gasteiger partial charge in [-0.3, -0.25) is 4.68 Å². The molecule has 0 aliphatic carbocycles. The van der Waals surface area contributed by atoms with E-state index in [-0.39, 0.29) is 6.04 Å². The Balaban J connectivity index is 1.64.